The summed E-state index contributed by atoms with van der Waals surface area (Å²) in [5, 5.41) is 8.60. The van der Waals surface area contributed by atoms with Crippen LogP contribution in [0, 0.1) is 6.92 Å². The van der Waals surface area contributed by atoms with Crippen molar-refractivity contribution in [3.05, 3.63) is 23.3 Å². The number of nitrogens with zero attached hydrogens (tertiary/aromatic N) is 1. The predicted octanol–water partition coefficient (Wildman–Crippen LogP) is 1.84. The van der Waals surface area contributed by atoms with Gasteiger partial charge >= 0.3 is 5.97 Å². The molecule has 1 aromatic carbocycles. The first-order valence-electron chi connectivity index (χ1n) is 6.56. The molecule has 1 amide bonds. The molecule has 0 heterocycles. The molecule has 0 radical (unpaired) electrons. The van der Waals surface area contributed by atoms with Gasteiger partial charge in [0.15, 0.2) is 11.5 Å². The number of carboxylic acid groups (broad SMARTS) is 1. The van der Waals surface area contributed by atoms with Crippen LogP contribution in [0.4, 0.5) is 0 Å². The van der Waals surface area contributed by atoms with Gasteiger partial charge in [-0.25, -0.2) is 0 Å². The molecule has 0 unspecified atom stereocenters. The SMILES string of the molecule is COc1cc(C)c(CN(C)C(=O)CCC(=O)O)cc1OC. The number of ether oxygens (including phenoxy) is 2. The van der Waals surface area contributed by atoms with Crippen molar-refractivity contribution in [2.24, 2.45) is 0 Å². The van der Waals surface area contributed by atoms with Crippen LogP contribution in [-0.4, -0.2) is 43.2 Å². The van der Waals surface area contributed by atoms with E-state index < -0.39 is 5.97 Å². The third-order valence-electron chi connectivity index (χ3n) is 3.23. The lowest BCUT2D eigenvalue weighted by molar-refractivity contribution is -0.140. The number of aliphatic carboxylic acids is 1. The van der Waals surface area contributed by atoms with Gasteiger partial charge in [-0.05, 0) is 30.2 Å². The first-order valence-corrected chi connectivity index (χ1v) is 6.56. The van der Waals surface area contributed by atoms with Gasteiger partial charge in [-0.2, -0.15) is 0 Å². The largest absolute Gasteiger partial charge is 0.493 e. The molecule has 21 heavy (non-hydrogen) atoms. The zero-order valence-electron chi connectivity index (χ0n) is 12.8. The molecule has 0 aliphatic carbocycles. The molecule has 0 saturated heterocycles. The van der Waals surface area contributed by atoms with E-state index in [4.69, 9.17) is 14.6 Å². The van der Waals surface area contributed by atoms with Crippen molar-refractivity contribution >= 4 is 11.9 Å². The van der Waals surface area contributed by atoms with Crippen LogP contribution in [0.25, 0.3) is 0 Å². The van der Waals surface area contributed by atoms with E-state index in [9.17, 15) is 9.59 Å². The number of methoxy groups -OCH3 is 2. The van der Waals surface area contributed by atoms with Gasteiger partial charge < -0.3 is 19.5 Å². The summed E-state index contributed by atoms with van der Waals surface area (Å²) in [7, 11) is 4.78. The number of aryl methyl sites for hydroxylation is 1. The molecule has 0 saturated carbocycles. The highest BCUT2D eigenvalue weighted by Crippen LogP contribution is 2.30. The summed E-state index contributed by atoms with van der Waals surface area (Å²) in [6, 6.07) is 3.68. The third kappa shape index (κ3) is 4.66. The Balaban J connectivity index is 2.82. The molecule has 116 valence electrons. The molecule has 6 heteroatoms. The van der Waals surface area contributed by atoms with Crippen molar-refractivity contribution in [2.45, 2.75) is 26.3 Å². The van der Waals surface area contributed by atoms with E-state index in [0.29, 0.717) is 18.0 Å². The summed E-state index contributed by atoms with van der Waals surface area (Å²) in [4.78, 5) is 23.9. The second-order valence-electron chi connectivity index (χ2n) is 4.78. The Bertz CT molecular complexity index is 527. The minimum atomic E-state index is -0.973. The maximum Gasteiger partial charge on any atom is 0.303 e. The van der Waals surface area contributed by atoms with Crippen LogP contribution < -0.4 is 9.47 Å². The van der Waals surface area contributed by atoms with Crippen LogP contribution in [0.3, 0.4) is 0 Å². The zero-order valence-corrected chi connectivity index (χ0v) is 12.8. The first kappa shape index (κ1) is 16.8. The van der Waals surface area contributed by atoms with Gasteiger partial charge in [0.2, 0.25) is 5.91 Å². The predicted molar refractivity (Wildman–Crippen MR) is 77.6 cm³/mol. The summed E-state index contributed by atoms with van der Waals surface area (Å²) in [6.07, 6.45) is -0.160. The fraction of sp³-hybridized carbons (Fsp3) is 0.467. The maximum absolute atomic E-state index is 11.8. The van der Waals surface area contributed by atoms with Crippen LogP contribution in [0.2, 0.25) is 0 Å². The minimum Gasteiger partial charge on any atom is -0.493 e. The van der Waals surface area contributed by atoms with Gasteiger partial charge in [0, 0.05) is 20.0 Å². The summed E-state index contributed by atoms with van der Waals surface area (Å²) in [5.74, 6) is 0.0636. The monoisotopic (exact) mass is 295 g/mol. The van der Waals surface area contributed by atoms with E-state index in [0.717, 1.165) is 11.1 Å². The molecule has 0 aliphatic heterocycles. The molecule has 0 aromatic heterocycles. The highest BCUT2D eigenvalue weighted by molar-refractivity contribution is 5.80. The Labute approximate surface area is 124 Å². The zero-order chi connectivity index (χ0) is 16.0. The normalized spacial score (nSPS) is 10.1. The highest BCUT2D eigenvalue weighted by atomic mass is 16.5. The highest BCUT2D eigenvalue weighted by Gasteiger charge is 2.14. The first-order chi connectivity index (χ1) is 9.88. The number of hydrogen-bond donors (Lipinski definition) is 1. The Morgan fingerprint density at radius 3 is 2.24 bits per heavy atom. The third-order valence-corrected chi connectivity index (χ3v) is 3.23. The van der Waals surface area contributed by atoms with E-state index in [2.05, 4.69) is 0 Å². The Morgan fingerprint density at radius 1 is 1.14 bits per heavy atom. The lowest BCUT2D eigenvalue weighted by Crippen LogP contribution is -2.26. The maximum atomic E-state index is 11.8. The fourth-order valence-electron chi connectivity index (χ4n) is 1.94. The Kier molecular flexibility index (Phi) is 6.02. The van der Waals surface area contributed by atoms with Crippen LogP contribution in [0.5, 0.6) is 11.5 Å². The van der Waals surface area contributed by atoms with Crippen molar-refractivity contribution in [2.75, 3.05) is 21.3 Å². The molecule has 0 fully saturated rings. The number of carboxylic acids is 1. The number of rotatable bonds is 7. The van der Waals surface area contributed by atoms with Gasteiger partial charge in [0.25, 0.3) is 0 Å². The smallest absolute Gasteiger partial charge is 0.303 e. The lowest BCUT2D eigenvalue weighted by Gasteiger charge is -2.19. The number of carbonyl (C=O) groups excluding carboxylic acids is 1. The molecular formula is C15H21NO5. The van der Waals surface area contributed by atoms with Crippen molar-refractivity contribution in [1.82, 2.24) is 4.90 Å². The van der Waals surface area contributed by atoms with Gasteiger partial charge in [-0.3, -0.25) is 9.59 Å². The second-order valence-corrected chi connectivity index (χ2v) is 4.78. The van der Waals surface area contributed by atoms with E-state index in [-0.39, 0.29) is 18.7 Å². The quantitative estimate of drug-likeness (QED) is 0.830. The lowest BCUT2D eigenvalue weighted by atomic mass is 10.1. The summed E-state index contributed by atoms with van der Waals surface area (Å²) in [6.45, 7) is 2.32. The molecule has 0 atom stereocenters. The second kappa shape index (κ2) is 7.52. The standard InChI is InChI=1S/C15H21NO5/c1-10-7-12(20-3)13(21-4)8-11(10)9-16(2)14(17)5-6-15(18)19/h7-8H,5-6,9H2,1-4H3,(H,18,19). The molecule has 0 spiro atoms. The summed E-state index contributed by atoms with van der Waals surface area (Å²) < 4.78 is 10.5. The van der Waals surface area contributed by atoms with E-state index in [1.165, 1.54) is 4.90 Å². The molecule has 1 aromatic rings. The van der Waals surface area contributed by atoms with E-state index >= 15 is 0 Å². The molecule has 0 aliphatic rings. The van der Waals surface area contributed by atoms with Gasteiger partial charge in [-0.15, -0.1) is 0 Å². The Hall–Kier alpha value is -2.24. The average molecular weight is 295 g/mol. The molecule has 0 bridgehead atoms. The Morgan fingerprint density at radius 2 is 1.71 bits per heavy atom. The molecule has 6 nitrogen and oxygen atoms in total. The summed E-state index contributed by atoms with van der Waals surface area (Å²) >= 11 is 0. The fourth-order valence-corrected chi connectivity index (χ4v) is 1.94. The van der Waals surface area contributed by atoms with E-state index in [1.807, 2.05) is 19.1 Å². The number of benzene rings is 1. The number of carbonyl (C=O) groups is 2. The van der Waals surface area contributed by atoms with Crippen molar-refractivity contribution in [3.63, 3.8) is 0 Å². The topological polar surface area (TPSA) is 76.1 Å². The van der Waals surface area contributed by atoms with Crippen molar-refractivity contribution < 1.29 is 24.2 Å². The molecular weight excluding hydrogens is 274 g/mol. The van der Waals surface area contributed by atoms with Gasteiger partial charge in [0.05, 0.1) is 20.6 Å². The summed E-state index contributed by atoms with van der Waals surface area (Å²) in [5.41, 5.74) is 1.91. The van der Waals surface area contributed by atoms with Crippen LogP contribution in [-0.2, 0) is 16.1 Å². The average Bonchev–Trinajstić information content (AvgIpc) is 2.45. The minimum absolute atomic E-state index is 0.00181. The van der Waals surface area contributed by atoms with Crippen LogP contribution in [0.15, 0.2) is 12.1 Å². The van der Waals surface area contributed by atoms with Crippen molar-refractivity contribution in [3.8, 4) is 11.5 Å². The molecule has 1 rings (SSSR count). The molecule has 1 N–H and O–H groups in total. The van der Waals surface area contributed by atoms with Crippen LogP contribution >= 0.6 is 0 Å². The number of amides is 1. The van der Waals surface area contributed by atoms with E-state index in [1.54, 1.807) is 21.3 Å². The van der Waals surface area contributed by atoms with Crippen LogP contribution in [0.1, 0.15) is 24.0 Å². The van der Waals surface area contributed by atoms with Gasteiger partial charge in [0.1, 0.15) is 0 Å². The van der Waals surface area contributed by atoms with Crippen molar-refractivity contribution in [1.29, 1.82) is 0 Å². The number of hydrogen-bond acceptors (Lipinski definition) is 4. The van der Waals surface area contributed by atoms with Gasteiger partial charge in [-0.1, -0.05) is 0 Å².